The van der Waals surface area contributed by atoms with E-state index in [1.807, 2.05) is 20.1 Å². The number of aliphatic hydroxyl groups is 1. The van der Waals surface area contributed by atoms with Gasteiger partial charge in [-0.2, -0.15) is 5.26 Å². The Kier molecular flexibility index (Phi) is 6.37. The van der Waals surface area contributed by atoms with E-state index in [0.717, 1.165) is 0 Å². The van der Waals surface area contributed by atoms with E-state index < -0.39 is 0 Å². The van der Waals surface area contributed by atoms with E-state index in [1.165, 1.54) is 11.8 Å². The quantitative estimate of drug-likeness (QED) is 0.306. The predicted molar refractivity (Wildman–Crippen MR) is 55.4 cm³/mol. The normalized spacial score (nSPS) is 14.0. The lowest BCUT2D eigenvalue weighted by Gasteiger charge is -2.14. The van der Waals surface area contributed by atoms with Gasteiger partial charge in [-0.05, 0) is 12.2 Å². The van der Waals surface area contributed by atoms with E-state index in [9.17, 15) is 0 Å². The first-order chi connectivity index (χ1) is 6.15. The molecular weight excluding hydrogens is 186 g/mol. The van der Waals surface area contributed by atoms with Gasteiger partial charge in [-0.3, -0.25) is 10.3 Å². The first-order valence-electron chi connectivity index (χ1n) is 4.03. The van der Waals surface area contributed by atoms with Crippen molar-refractivity contribution in [2.45, 2.75) is 19.9 Å². The summed E-state index contributed by atoms with van der Waals surface area (Å²) in [6, 6.07) is -0.136. The van der Waals surface area contributed by atoms with Crippen LogP contribution in [0.5, 0.6) is 0 Å². The maximum atomic E-state index is 8.98. The van der Waals surface area contributed by atoms with E-state index in [4.69, 9.17) is 10.4 Å². The predicted octanol–water partition coefficient (Wildman–Crippen LogP) is 0.793. The maximum Gasteiger partial charge on any atom is 0.183 e. The summed E-state index contributed by atoms with van der Waals surface area (Å²) in [4.78, 5) is 4.20. The summed E-state index contributed by atoms with van der Waals surface area (Å²) >= 11 is 1.36. The van der Waals surface area contributed by atoms with Crippen LogP contribution in [0, 0.1) is 17.4 Å². The average molecular weight is 201 g/mol. The topological polar surface area (TPSA) is 68.4 Å². The third kappa shape index (κ3) is 4.76. The number of amidine groups is 1. The number of nitriles is 1. The Morgan fingerprint density at radius 2 is 2.31 bits per heavy atom. The summed E-state index contributed by atoms with van der Waals surface area (Å²) in [6.07, 6.45) is 3.64. The molecule has 0 aromatic heterocycles. The van der Waals surface area contributed by atoms with Crippen LogP contribution in [0.15, 0.2) is 4.99 Å². The minimum Gasteiger partial charge on any atom is -0.394 e. The Hall–Kier alpha value is -0.730. The molecule has 0 aliphatic heterocycles. The molecular formula is C8H15N3OS. The van der Waals surface area contributed by atoms with Crippen molar-refractivity contribution >= 4 is 16.9 Å². The van der Waals surface area contributed by atoms with Gasteiger partial charge in [0.15, 0.2) is 11.4 Å². The molecule has 0 aromatic carbocycles. The SMILES string of the molecule is CSC(=N[C@H](CO)C(C)C)NC#N. The van der Waals surface area contributed by atoms with Crippen LogP contribution >= 0.6 is 11.8 Å². The molecule has 0 spiro atoms. The van der Waals surface area contributed by atoms with Crippen molar-refractivity contribution in [3.63, 3.8) is 0 Å². The molecule has 74 valence electrons. The lowest BCUT2D eigenvalue weighted by molar-refractivity contribution is 0.240. The second-order valence-electron chi connectivity index (χ2n) is 2.87. The van der Waals surface area contributed by atoms with Crippen LogP contribution in [-0.4, -0.2) is 29.2 Å². The molecule has 0 heterocycles. The number of thioether (sulfide) groups is 1. The number of hydrogen-bond acceptors (Lipinski definition) is 4. The van der Waals surface area contributed by atoms with Gasteiger partial charge < -0.3 is 5.11 Å². The molecule has 0 aromatic rings. The summed E-state index contributed by atoms with van der Waals surface area (Å²) in [5.74, 6) is 0.271. The van der Waals surface area contributed by atoms with Crippen molar-refractivity contribution in [3.05, 3.63) is 0 Å². The summed E-state index contributed by atoms with van der Waals surface area (Å²) in [5.41, 5.74) is 0. The Labute approximate surface area is 83.0 Å². The van der Waals surface area contributed by atoms with Crippen LogP contribution in [0.4, 0.5) is 0 Å². The van der Waals surface area contributed by atoms with Gasteiger partial charge in [-0.15, -0.1) is 0 Å². The molecule has 0 aliphatic carbocycles. The van der Waals surface area contributed by atoms with Gasteiger partial charge >= 0.3 is 0 Å². The molecule has 0 rings (SSSR count). The van der Waals surface area contributed by atoms with Crippen molar-refractivity contribution in [3.8, 4) is 6.19 Å². The maximum absolute atomic E-state index is 8.98. The third-order valence-corrected chi connectivity index (χ3v) is 2.19. The van der Waals surface area contributed by atoms with Gasteiger partial charge in [0.05, 0.1) is 12.6 Å². The number of rotatable bonds is 3. The monoisotopic (exact) mass is 201 g/mol. The zero-order chi connectivity index (χ0) is 10.3. The van der Waals surface area contributed by atoms with Gasteiger partial charge in [0, 0.05) is 0 Å². The Morgan fingerprint density at radius 1 is 1.69 bits per heavy atom. The molecule has 0 bridgehead atoms. The van der Waals surface area contributed by atoms with Crippen molar-refractivity contribution < 1.29 is 5.11 Å². The van der Waals surface area contributed by atoms with Gasteiger partial charge in [0.25, 0.3) is 0 Å². The fourth-order valence-corrected chi connectivity index (χ4v) is 1.12. The molecule has 4 nitrogen and oxygen atoms in total. The van der Waals surface area contributed by atoms with Crippen LogP contribution in [0.3, 0.4) is 0 Å². The molecule has 13 heavy (non-hydrogen) atoms. The van der Waals surface area contributed by atoms with Gasteiger partial charge in [-0.1, -0.05) is 25.6 Å². The minimum atomic E-state index is -0.136. The first-order valence-corrected chi connectivity index (χ1v) is 5.26. The molecule has 0 saturated carbocycles. The highest BCUT2D eigenvalue weighted by atomic mass is 32.2. The number of nitrogens with one attached hydrogen (secondary N) is 1. The van der Waals surface area contributed by atoms with Gasteiger partial charge in [-0.25, -0.2) is 0 Å². The summed E-state index contributed by atoms with van der Waals surface area (Å²) < 4.78 is 0. The lowest BCUT2D eigenvalue weighted by Crippen LogP contribution is -2.23. The fourth-order valence-electron chi connectivity index (χ4n) is 0.735. The standard InChI is InChI=1S/C8H15N3OS/c1-6(2)7(4-12)11-8(13-3)10-5-9/h6-7,12H,4H2,1-3H3,(H,10,11)/t7-/m1/s1. The first kappa shape index (κ1) is 12.3. The van der Waals surface area contributed by atoms with Crippen molar-refractivity contribution in [2.24, 2.45) is 10.9 Å². The molecule has 2 N–H and O–H groups in total. The molecule has 0 fully saturated rings. The van der Waals surface area contributed by atoms with Crippen LogP contribution in [0.1, 0.15) is 13.8 Å². The Bertz CT molecular complexity index is 210. The van der Waals surface area contributed by atoms with Crippen molar-refractivity contribution in [1.82, 2.24) is 5.32 Å². The number of nitrogens with zero attached hydrogens (tertiary/aromatic N) is 2. The van der Waals surface area contributed by atoms with E-state index in [0.29, 0.717) is 5.17 Å². The third-order valence-electron chi connectivity index (χ3n) is 1.60. The summed E-state index contributed by atoms with van der Waals surface area (Å²) in [5, 5.41) is 20.4. The van der Waals surface area contributed by atoms with Crippen LogP contribution < -0.4 is 5.32 Å². The highest BCUT2D eigenvalue weighted by Crippen LogP contribution is 2.07. The zero-order valence-corrected chi connectivity index (χ0v) is 8.93. The highest BCUT2D eigenvalue weighted by molar-refractivity contribution is 8.13. The molecule has 0 radical (unpaired) electrons. The molecule has 0 unspecified atom stereocenters. The lowest BCUT2D eigenvalue weighted by atomic mass is 10.1. The van der Waals surface area contributed by atoms with E-state index in [1.54, 1.807) is 6.19 Å². The van der Waals surface area contributed by atoms with E-state index in [2.05, 4.69) is 10.3 Å². The van der Waals surface area contributed by atoms with Crippen LogP contribution in [0.25, 0.3) is 0 Å². The van der Waals surface area contributed by atoms with Crippen LogP contribution in [0.2, 0.25) is 0 Å². The summed E-state index contributed by atoms with van der Waals surface area (Å²) in [6.45, 7) is 3.97. The molecule has 5 heteroatoms. The molecule has 1 atom stereocenters. The number of hydrogen-bond donors (Lipinski definition) is 2. The Balaban J connectivity index is 4.36. The van der Waals surface area contributed by atoms with E-state index >= 15 is 0 Å². The average Bonchev–Trinajstić information content (AvgIpc) is 2.11. The molecule has 0 amide bonds. The molecule has 0 aliphatic rings. The highest BCUT2D eigenvalue weighted by Gasteiger charge is 2.11. The van der Waals surface area contributed by atoms with Gasteiger partial charge in [0.1, 0.15) is 0 Å². The molecule has 0 saturated heterocycles. The Morgan fingerprint density at radius 3 is 2.62 bits per heavy atom. The summed E-state index contributed by atoms with van der Waals surface area (Å²) in [7, 11) is 0. The smallest absolute Gasteiger partial charge is 0.183 e. The minimum absolute atomic E-state index is 0.00877. The van der Waals surface area contributed by atoms with Crippen LogP contribution in [-0.2, 0) is 0 Å². The largest absolute Gasteiger partial charge is 0.394 e. The second-order valence-corrected chi connectivity index (χ2v) is 3.66. The van der Waals surface area contributed by atoms with Gasteiger partial charge in [0.2, 0.25) is 0 Å². The van der Waals surface area contributed by atoms with Crippen molar-refractivity contribution in [2.75, 3.05) is 12.9 Å². The van der Waals surface area contributed by atoms with Crippen molar-refractivity contribution in [1.29, 1.82) is 5.26 Å². The van der Waals surface area contributed by atoms with E-state index in [-0.39, 0.29) is 18.6 Å². The number of aliphatic imine (C=N–C) groups is 1. The zero-order valence-electron chi connectivity index (χ0n) is 8.11. The fraction of sp³-hybridized carbons (Fsp3) is 0.750. The number of aliphatic hydroxyl groups excluding tert-OH is 1. The second kappa shape index (κ2) is 6.75.